The van der Waals surface area contributed by atoms with Gasteiger partial charge in [0.05, 0.1) is 11.4 Å². The first-order valence-electron chi connectivity index (χ1n) is 11.4. The standard InChI is InChI=1S/C27H16ClF4N3O4S/c28-15-3-6-23-21(9-15)24(20-2-1-7-33-26(20)36)25(35(23)13-14-8-16(29)4-5-22(14)32)27(37)34-40(38,39)19-11-17(30)10-18(31)12-19/h1-12H,13H2,(H,33,36)(H,34,37). The molecular weight excluding hydrogens is 574 g/mol. The van der Waals surface area contributed by atoms with Crippen molar-refractivity contribution in [3.63, 3.8) is 0 Å². The zero-order valence-corrected chi connectivity index (χ0v) is 21.6. The van der Waals surface area contributed by atoms with Crippen LogP contribution in [0.15, 0.2) is 82.6 Å². The molecule has 5 aromatic rings. The summed E-state index contributed by atoms with van der Waals surface area (Å²) in [6, 6.07) is 11.3. The number of pyridine rings is 1. The normalized spacial score (nSPS) is 11.6. The van der Waals surface area contributed by atoms with Crippen molar-refractivity contribution in [2.45, 2.75) is 11.4 Å². The van der Waals surface area contributed by atoms with Crippen LogP contribution in [0.4, 0.5) is 17.6 Å². The molecule has 204 valence electrons. The number of nitrogens with one attached hydrogen (secondary N) is 2. The number of carbonyl (C=O) groups is 1. The van der Waals surface area contributed by atoms with Crippen LogP contribution in [0.5, 0.6) is 0 Å². The Morgan fingerprint density at radius 3 is 2.35 bits per heavy atom. The fourth-order valence-corrected chi connectivity index (χ4v) is 5.53. The minimum Gasteiger partial charge on any atom is -0.331 e. The van der Waals surface area contributed by atoms with Crippen LogP contribution < -0.4 is 10.3 Å². The van der Waals surface area contributed by atoms with E-state index in [1.807, 2.05) is 0 Å². The topological polar surface area (TPSA) is 101 Å². The number of rotatable bonds is 6. The summed E-state index contributed by atoms with van der Waals surface area (Å²) in [5, 5.41) is 0.422. The lowest BCUT2D eigenvalue weighted by Crippen LogP contribution is -2.33. The maximum absolute atomic E-state index is 14.7. The summed E-state index contributed by atoms with van der Waals surface area (Å²) in [6.07, 6.45) is 1.34. The predicted octanol–water partition coefficient (Wildman–Crippen LogP) is 5.37. The molecule has 2 heterocycles. The number of carbonyl (C=O) groups excluding carboxylic acids is 1. The molecule has 13 heteroatoms. The quantitative estimate of drug-likeness (QED) is 0.260. The second-order valence-electron chi connectivity index (χ2n) is 8.66. The largest absolute Gasteiger partial charge is 0.331 e. The third-order valence-corrected chi connectivity index (χ3v) is 7.58. The van der Waals surface area contributed by atoms with Crippen LogP contribution in [0, 0.1) is 23.3 Å². The van der Waals surface area contributed by atoms with Crippen LogP contribution in [0.2, 0.25) is 5.02 Å². The van der Waals surface area contributed by atoms with Gasteiger partial charge in [-0.05, 0) is 60.7 Å². The second-order valence-corrected chi connectivity index (χ2v) is 10.8. The molecule has 40 heavy (non-hydrogen) atoms. The zero-order chi connectivity index (χ0) is 28.8. The summed E-state index contributed by atoms with van der Waals surface area (Å²) in [7, 11) is -4.85. The average Bonchev–Trinajstić information content (AvgIpc) is 3.18. The molecular formula is C27H16ClF4N3O4S. The average molecular weight is 590 g/mol. The maximum Gasteiger partial charge on any atom is 0.282 e. The Kier molecular flexibility index (Phi) is 6.98. The third kappa shape index (κ3) is 5.10. The first-order chi connectivity index (χ1) is 18.9. The van der Waals surface area contributed by atoms with Gasteiger partial charge in [0.1, 0.15) is 29.0 Å². The maximum atomic E-state index is 14.7. The van der Waals surface area contributed by atoms with E-state index < -0.39 is 61.9 Å². The van der Waals surface area contributed by atoms with Crippen molar-refractivity contribution in [2.75, 3.05) is 0 Å². The Hall–Kier alpha value is -4.42. The lowest BCUT2D eigenvalue weighted by molar-refractivity contribution is 0.0974. The minimum absolute atomic E-state index is 0.0608. The molecule has 5 rings (SSSR count). The van der Waals surface area contributed by atoms with E-state index >= 15 is 0 Å². The van der Waals surface area contributed by atoms with Crippen molar-refractivity contribution in [1.82, 2.24) is 14.3 Å². The van der Waals surface area contributed by atoms with Crippen LogP contribution in [0.25, 0.3) is 22.0 Å². The Labute approximate surface area is 228 Å². The highest BCUT2D eigenvalue weighted by molar-refractivity contribution is 7.90. The molecule has 2 N–H and O–H groups in total. The number of benzene rings is 3. The number of halogens is 5. The van der Waals surface area contributed by atoms with Crippen LogP contribution in [0.1, 0.15) is 16.1 Å². The van der Waals surface area contributed by atoms with E-state index in [-0.39, 0.29) is 32.6 Å². The number of hydrogen-bond donors (Lipinski definition) is 2. The molecule has 0 saturated heterocycles. The Bertz CT molecular complexity index is 1970. The van der Waals surface area contributed by atoms with Gasteiger partial charge in [-0.25, -0.2) is 30.7 Å². The number of fused-ring (bicyclic) bond motifs is 1. The van der Waals surface area contributed by atoms with Crippen molar-refractivity contribution in [2.24, 2.45) is 0 Å². The summed E-state index contributed by atoms with van der Waals surface area (Å²) in [5.74, 6) is -5.29. The molecule has 3 aromatic carbocycles. The molecule has 0 aliphatic rings. The molecule has 0 aliphatic carbocycles. The van der Waals surface area contributed by atoms with Crippen LogP contribution >= 0.6 is 11.6 Å². The molecule has 0 bridgehead atoms. The van der Waals surface area contributed by atoms with Gasteiger partial charge in [-0.15, -0.1) is 0 Å². The highest BCUT2D eigenvalue weighted by Crippen LogP contribution is 2.36. The zero-order valence-electron chi connectivity index (χ0n) is 20.0. The molecule has 0 atom stereocenters. The van der Waals surface area contributed by atoms with Crippen molar-refractivity contribution in [3.05, 3.63) is 123 Å². The van der Waals surface area contributed by atoms with E-state index in [0.717, 1.165) is 18.2 Å². The number of aromatic nitrogens is 2. The number of amides is 1. The molecule has 0 radical (unpaired) electrons. The summed E-state index contributed by atoms with van der Waals surface area (Å²) in [6.45, 7) is -0.468. The molecule has 0 fully saturated rings. The van der Waals surface area contributed by atoms with Gasteiger partial charge in [-0.2, -0.15) is 0 Å². The van der Waals surface area contributed by atoms with E-state index in [2.05, 4.69) is 4.98 Å². The number of sulfonamides is 1. The molecule has 0 saturated carbocycles. The van der Waals surface area contributed by atoms with Gasteiger partial charge in [0, 0.05) is 44.9 Å². The summed E-state index contributed by atoms with van der Waals surface area (Å²) < 4.78 is 85.2. The summed E-state index contributed by atoms with van der Waals surface area (Å²) in [5.41, 5.74) is -1.17. The van der Waals surface area contributed by atoms with Crippen molar-refractivity contribution in [3.8, 4) is 11.1 Å². The van der Waals surface area contributed by atoms with Crippen molar-refractivity contribution < 1.29 is 30.8 Å². The Morgan fingerprint density at radius 2 is 1.65 bits per heavy atom. The number of hydrogen-bond acceptors (Lipinski definition) is 4. The monoisotopic (exact) mass is 589 g/mol. The van der Waals surface area contributed by atoms with Gasteiger partial charge < -0.3 is 9.55 Å². The van der Waals surface area contributed by atoms with Crippen LogP contribution in [-0.4, -0.2) is 23.9 Å². The van der Waals surface area contributed by atoms with Gasteiger partial charge in [0.15, 0.2) is 0 Å². The van der Waals surface area contributed by atoms with E-state index in [1.165, 1.54) is 41.1 Å². The number of aromatic amines is 1. The van der Waals surface area contributed by atoms with Gasteiger partial charge in [-0.1, -0.05) is 11.6 Å². The van der Waals surface area contributed by atoms with Gasteiger partial charge in [0.25, 0.3) is 21.5 Å². The van der Waals surface area contributed by atoms with E-state index in [9.17, 15) is 35.6 Å². The van der Waals surface area contributed by atoms with Crippen molar-refractivity contribution in [1.29, 1.82) is 0 Å². The molecule has 7 nitrogen and oxygen atoms in total. The predicted molar refractivity (Wildman–Crippen MR) is 139 cm³/mol. The lowest BCUT2D eigenvalue weighted by atomic mass is 10.0. The smallest absolute Gasteiger partial charge is 0.282 e. The summed E-state index contributed by atoms with van der Waals surface area (Å²) >= 11 is 6.21. The number of nitrogens with zero attached hydrogens (tertiary/aromatic N) is 1. The first-order valence-corrected chi connectivity index (χ1v) is 13.3. The fraction of sp³-hybridized carbons (Fsp3) is 0.0370. The van der Waals surface area contributed by atoms with E-state index in [1.54, 1.807) is 4.72 Å². The van der Waals surface area contributed by atoms with Gasteiger partial charge in [-0.3, -0.25) is 9.59 Å². The van der Waals surface area contributed by atoms with E-state index in [0.29, 0.717) is 18.2 Å². The highest BCUT2D eigenvalue weighted by atomic mass is 35.5. The SMILES string of the molecule is O=C(NS(=O)(=O)c1cc(F)cc(F)c1)c1c(-c2ccc[nH]c2=O)c2cc(Cl)ccc2n1Cc1cc(F)ccc1F. The lowest BCUT2D eigenvalue weighted by Gasteiger charge is -2.14. The van der Waals surface area contributed by atoms with E-state index in [4.69, 9.17) is 11.6 Å². The van der Waals surface area contributed by atoms with Gasteiger partial charge in [0.2, 0.25) is 0 Å². The van der Waals surface area contributed by atoms with Crippen LogP contribution in [0.3, 0.4) is 0 Å². The molecule has 2 aromatic heterocycles. The minimum atomic E-state index is -4.85. The fourth-order valence-electron chi connectivity index (χ4n) is 4.37. The number of H-pyrrole nitrogens is 1. The second kappa shape index (κ2) is 10.3. The summed E-state index contributed by atoms with van der Waals surface area (Å²) in [4.78, 5) is 28.1. The molecule has 0 spiro atoms. The Balaban J connectivity index is 1.78. The third-order valence-electron chi connectivity index (χ3n) is 6.04. The van der Waals surface area contributed by atoms with Gasteiger partial charge >= 0.3 is 0 Å². The molecule has 1 amide bonds. The molecule has 0 unspecified atom stereocenters. The first kappa shape index (κ1) is 27.2. The molecule has 0 aliphatic heterocycles. The Morgan fingerprint density at radius 1 is 0.925 bits per heavy atom. The van der Waals surface area contributed by atoms with Crippen LogP contribution in [-0.2, 0) is 16.6 Å². The highest BCUT2D eigenvalue weighted by Gasteiger charge is 2.29. The van der Waals surface area contributed by atoms with Crippen molar-refractivity contribution >= 4 is 38.4 Å².